The molecule has 3 fully saturated rings. The van der Waals surface area contributed by atoms with Crippen LogP contribution in [0, 0.1) is 23.7 Å². The molecular formula is C32H42N6O6. The minimum Gasteiger partial charge on any atom is -0.481 e. The fourth-order valence-corrected chi connectivity index (χ4v) is 6.16. The lowest BCUT2D eigenvalue weighted by Gasteiger charge is -2.36. The molecule has 2 N–H and O–H groups in total. The lowest BCUT2D eigenvalue weighted by molar-refractivity contribution is -0.139. The minimum atomic E-state index is -0.764. The molecule has 2 unspecified atom stereocenters. The summed E-state index contributed by atoms with van der Waals surface area (Å²) in [4.78, 5) is 65.9. The molecule has 2 aromatic rings. The first-order valence-electron chi connectivity index (χ1n) is 15.6. The Balaban J connectivity index is 1.30. The van der Waals surface area contributed by atoms with Crippen molar-refractivity contribution in [2.45, 2.75) is 46.1 Å². The Kier molecular flexibility index (Phi) is 9.65. The number of carbonyl (C=O) groups is 4. The van der Waals surface area contributed by atoms with Gasteiger partial charge in [0.05, 0.1) is 12.5 Å². The maximum Gasteiger partial charge on any atom is 0.409 e. The Hall–Kier alpha value is -4.22. The summed E-state index contributed by atoms with van der Waals surface area (Å²) < 4.78 is 5.32. The molecule has 3 heterocycles. The van der Waals surface area contributed by atoms with Gasteiger partial charge in [-0.15, -0.1) is 0 Å². The van der Waals surface area contributed by atoms with Crippen molar-refractivity contribution >= 4 is 29.7 Å². The monoisotopic (exact) mass is 606 g/mol. The normalized spacial score (nSPS) is 21.5. The summed E-state index contributed by atoms with van der Waals surface area (Å²) in [5.41, 5.74) is 0.891. The number of nitrogens with zero attached hydrogens (tertiary/aromatic N) is 5. The van der Waals surface area contributed by atoms with E-state index in [0.29, 0.717) is 63.9 Å². The van der Waals surface area contributed by atoms with E-state index in [-0.39, 0.29) is 41.4 Å². The molecular weight excluding hydrogens is 564 g/mol. The van der Waals surface area contributed by atoms with Gasteiger partial charge in [0.15, 0.2) is 5.82 Å². The van der Waals surface area contributed by atoms with Crippen molar-refractivity contribution in [2.75, 3.05) is 50.8 Å². The highest BCUT2D eigenvalue weighted by Crippen LogP contribution is 2.52. The zero-order chi connectivity index (χ0) is 31.4. The van der Waals surface area contributed by atoms with E-state index in [1.54, 1.807) is 15.9 Å². The Morgan fingerprint density at radius 3 is 2.27 bits per heavy atom. The number of ether oxygens (including phenoxy) is 1. The van der Waals surface area contributed by atoms with Crippen LogP contribution in [-0.2, 0) is 14.3 Å². The number of anilines is 1. The number of amides is 3. The lowest BCUT2D eigenvalue weighted by Crippen LogP contribution is -2.56. The highest BCUT2D eigenvalue weighted by atomic mass is 16.6. The Morgan fingerprint density at radius 1 is 1.00 bits per heavy atom. The van der Waals surface area contributed by atoms with E-state index in [2.05, 4.69) is 10.3 Å². The number of hydrogen-bond donors (Lipinski definition) is 2. The van der Waals surface area contributed by atoms with Gasteiger partial charge in [-0.3, -0.25) is 14.4 Å². The number of carbonyl (C=O) groups excluding carboxylic acids is 3. The molecule has 2 saturated heterocycles. The number of carboxylic acids is 1. The average Bonchev–Trinajstić information content (AvgIpc) is 3.54. The van der Waals surface area contributed by atoms with Crippen LogP contribution >= 0.6 is 0 Å². The summed E-state index contributed by atoms with van der Waals surface area (Å²) in [5.74, 6) is -0.510. The van der Waals surface area contributed by atoms with Gasteiger partial charge in [0, 0.05) is 50.9 Å². The molecule has 3 atom stereocenters. The second-order valence-electron chi connectivity index (χ2n) is 12.3. The quantitative estimate of drug-likeness (QED) is 0.369. The van der Waals surface area contributed by atoms with Gasteiger partial charge in [-0.2, -0.15) is 0 Å². The number of aromatic nitrogens is 2. The van der Waals surface area contributed by atoms with Crippen molar-refractivity contribution in [3.05, 3.63) is 42.1 Å². The number of benzene rings is 1. The number of piperazine rings is 1. The van der Waals surface area contributed by atoms with Crippen molar-refractivity contribution < 1.29 is 29.0 Å². The van der Waals surface area contributed by atoms with Crippen LogP contribution in [0.5, 0.6) is 0 Å². The Bertz CT molecular complexity index is 1350. The predicted octanol–water partition coefficient (Wildman–Crippen LogP) is 3.14. The summed E-state index contributed by atoms with van der Waals surface area (Å²) in [5, 5.41) is 12.4. The number of aliphatic carboxylic acids is 1. The third-order valence-electron chi connectivity index (χ3n) is 8.66. The first kappa shape index (κ1) is 31.2. The van der Waals surface area contributed by atoms with Crippen LogP contribution in [0.1, 0.15) is 50.5 Å². The number of unbranched alkanes of at least 4 members (excludes halogenated alkanes) is 1. The molecule has 0 bridgehead atoms. The van der Waals surface area contributed by atoms with Crippen molar-refractivity contribution in [2.24, 2.45) is 23.7 Å². The second kappa shape index (κ2) is 13.6. The smallest absolute Gasteiger partial charge is 0.409 e. The number of piperidine rings is 1. The molecule has 0 spiro atoms. The van der Waals surface area contributed by atoms with E-state index >= 15 is 0 Å². The third kappa shape index (κ3) is 7.11. The van der Waals surface area contributed by atoms with E-state index in [1.165, 1.54) is 0 Å². The summed E-state index contributed by atoms with van der Waals surface area (Å²) in [6.07, 6.45) is 1.83. The molecule has 12 nitrogen and oxygen atoms in total. The van der Waals surface area contributed by atoms with E-state index < -0.39 is 17.9 Å². The summed E-state index contributed by atoms with van der Waals surface area (Å²) in [6.45, 7) is 8.98. The number of fused-ring (bicyclic) bond motifs is 1. The van der Waals surface area contributed by atoms with Crippen LogP contribution in [0.2, 0.25) is 0 Å². The standard InChI is InChI=1S/C32H42N6O6/c1-4-5-15-44-32(43)37-13-11-36(12-14-37)30(40)25(16-20(2)3)34-29(39)24-17-26(35-28(33-24)21-9-7-6-8-10-21)38-18-22-23(19-38)27(22)31(41)42/h6-10,17,20,22-23,25,27H,4-5,11-16,18-19H2,1-3H3,(H,34,39)(H,41,42)/t22?,23?,25-,27?/m0/s1. The molecule has 236 valence electrons. The van der Waals surface area contributed by atoms with Crippen molar-refractivity contribution in [1.29, 1.82) is 0 Å². The van der Waals surface area contributed by atoms with Gasteiger partial charge in [0.2, 0.25) is 5.91 Å². The van der Waals surface area contributed by atoms with Crippen LogP contribution in [0.25, 0.3) is 11.4 Å². The number of hydrogen-bond acceptors (Lipinski definition) is 8. The van der Waals surface area contributed by atoms with Gasteiger partial charge in [-0.05, 0) is 30.6 Å². The molecule has 2 aliphatic heterocycles. The molecule has 1 aromatic heterocycles. The number of carboxylic acid groups (broad SMARTS) is 1. The summed E-state index contributed by atoms with van der Waals surface area (Å²) >= 11 is 0. The highest BCUT2D eigenvalue weighted by molar-refractivity contribution is 5.97. The fourth-order valence-electron chi connectivity index (χ4n) is 6.16. The SMILES string of the molecule is CCCCOC(=O)N1CCN(C(=O)[C@H](CC(C)C)NC(=O)c2cc(N3CC4C(C3)C4C(=O)O)nc(-c3ccccc3)n2)CC1. The van der Waals surface area contributed by atoms with Crippen molar-refractivity contribution in [1.82, 2.24) is 25.1 Å². The van der Waals surface area contributed by atoms with Crippen molar-refractivity contribution in [3.63, 3.8) is 0 Å². The molecule has 1 aromatic carbocycles. The van der Waals surface area contributed by atoms with Gasteiger partial charge in [-0.1, -0.05) is 57.5 Å². The molecule has 0 radical (unpaired) electrons. The van der Waals surface area contributed by atoms with Gasteiger partial charge in [-0.25, -0.2) is 14.8 Å². The average molecular weight is 607 g/mol. The molecule has 44 heavy (non-hydrogen) atoms. The predicted molar refractivity (Wildman–Crippen MR) is 163 cm³/mol. The lowest BCUT2D eigenvalue weighted by atomic mass is 10.0. The third-order valence-corrected chi connectivity index (χ3v) is 8.66. The fraction of sp³-hybridized carbons (Fsp3) is 0.562. The molecule has 3 aliphatic rings. The van der Waals surface area contributed by atoms with Crippen LogP contribution in [0.3, 0.4) is 0 Å². The van der Waals surface area contributed by atoms with E-state index in [0.717, 1.165) is 18.4 Å². The second-order valence-corrected chi connectivity index (χ2v) is 12.3. The van der Waals surface area contributed by atoms with Crippen LogP contribution in [0.4, 0.5) is 10.6 Å². The van der Waals surface area contributed by atoms with Crippen LogP contribution in [0.15, 0.2) is 36.4 Å². The van der Waals surface area contributed by atoms with Gasteiger partial charge >= 0.3 is 12.1 Å². The number of rotatable bonds is 11. The largest absolute Gasteiger partial charge is 0.481 e. The summed E-state index contributed by atoms with van der Waals surface area (Å²) in [6, 6.07) is 10.2. The maximum absolute atomic E-state index is 13.7. The van der Waals surface area contributed by atoms with Gasteiger partial charge in [0.1, 0.15) is 17.6 Å². The molecule has 1 saturated carbocycles. The molecule has 5 rings (SSSR count). The maximum atomic E-state index is 13.7. The highest BCUT2D eigenvalue weighted by Gasteiger charge is 2.60. The Morgan fingerprint density at radius 2 is 1.66 bits per heavy atom. The van der Waals surface area contributed by atoms with Crippen molar-refractivity contribution in [3.8, 4) is 11.4 Å². The zero-order valence-electron chi connectivity index (χ0n) is 25.6. The van der Waals surface area contributed by atoms with E-state index in [1.807, 2.05) is 56.0 Å². The molecule has 12 heteroatoms. The molecule has 3 amide bonds. The van der Waals surface area contributed by atoms with Gasteiger partial charge in [0.25, 0.3) is 5.91 Å². The zero-order valence-corrected chi connectivity index (χ0v) is 25.6. The summed E-state index contributed by atoms with van der Waals surface area (Å²) in [7, 11) is 0. The van der Waals surface area contributed by atoms with E-state index in [4.69, 9.17) is 9.72 Å². The first-order chi connectivity index (χ1) is 21.2. The first-order valence-corrected chi connectivity index (χ1v) is 15.6. The van der Waals surface area contributed by atoms with Crippen LogP contribution < -0.4 is 10.2 Å². The van der Waals surface area contributed by atoms with Gasteiger partial charge < -0.3 is 29.9 Å². The van der Waals surface area contributed by atoms with Crippen LogP contribution in [-0.4, -0.2) is 101 Å². The molecule has 1 aliphatic carbocycles. The van der Waals surface area contributed by atoms with E-state index in [9.17, 15) is 24.3 Å². The Labute approximate surface area is 257 Å². The topological polar surface area (TPSA) is 145 Å². The number of nitrogens with one attached hydrogen (secondary N) is 1. The minimum absolute atomic E-state index is 0.0756.